The molecule has 0 fully saturated rings. The topological polar surface area (TPSA) is 92.7 Å². The van der Waals surface area contributed by atoms with Crippen molar-refractivity contribution in [2.24, 2.45) is 0 Å². The Bertz CT molecular complexity index is 1460. The number of hydrogen-bond donors (Lipinski definition) is 0. The monoisotopic (exact) mass is 538 g/mol. The number of unbranched alkanes of at least 4 members (excludes halogenated alkanes) is 1. The average molecular weight is 539 g/mol. The molecule has 0 aliphatic heterocycles. The van der Waals surface area contributed by atoms with Gasteiger partial charge in [-0.05, 0) is 61.0 Å². The molecule has 0 bridgehead atoms. The molecule has 2 aromatic carbocycles. The first kappa shape index (κ1) is 26.7. The molecule has 0 spiro atoms. The van der Waals surface area contributed by atoms with Gasteiger partial charge < -0.3 is 4.74 Å². The van der Waals surface area contributed by atoms with E-state index in [2.05, 4.69) is 9.97 Å². The maximum Gasteiger partial charge on any atom is 0.260 e. The maximum atomic E-state index is 13.7. The zero-order chi connectivity index (χ0) is 26.4. The summed E-state index contributed by atoms with van der Waals surface area (Å²) in [5.74, 6) is 0.418. The Morgan fingerprint density at radius 3 is 2.49 bits per heavy atom. The summed E-state index contributed by atoms with van der Waals surface area (Å²) >= 11 is 1.38. The van der Waals surface area contributed by atoms with Gasteiger partial charge in [-0.2, -0.15) is 4.31 Å². The third-order valence-corrected chi connectivity index (χ3v) is 8.99. The number of hydrogen-bond acceptors (Lipinski definition) is 7. The molecule has 8 nitrogen and oxygen atoms in total. The molecule has 4 rings (SSSR count). The molecule has 0 saturated heterocycles. The molecule has 0 aliphatic carbocycles. The number of pyridine rings is 1. The lowest BCUT2D eigenvalue weighted by atomic mass is 10.2. The number of benzene rings is 2. The lowest BCUT2D eigenvalue weighted by Gasteiger charge is -2.21. The SMILES string of the molecule is CCCCN(CC)S(=O)(=O)c1ccc(C(=O)N(Cc2ccccn2)c2nc3ccc(OC)cc3s2)cc1. The summed E-state index contributed by atoms with van der Waals surface area (Å²) < 4.78 is 33.9. The van der Waals surface area contributed by atoms with Gasteiger partial charge in [0.2, 0.25) is 10.0 Å². The van der Waals surface area contributed by atoms with E-state index in [1.54, 1.807) is 30.3 Å². The molecule has 4 aromatic rings. The minimum Gasteiger partial charge on any atom is -0.497 e. The fourth-order valence-corrected chi connectivity index (χ4v) is 6.35. The number of fused-ring (bicyclic) bond motifs is 1. The third-order valence-electron chi connectivity index (χ3n) is 5.96. The summed E-state index contributed by atoms with van der Waals surface area (Å²) in [5.41, 5.74) is 1.83. The van der Waals surface area contributed by atoms with Crippen LogP contribution in [0.4, 0.5) is 5.13 Å². The van der Waals surface area contributed by atoms with Crippen LogP contribution < -0.4 is 9.64 Å². The standard InChI is InChI=1S/C27H30N4O4S2/c1-4-6-17-30(5-2)37(33,34)23-13-10-20(11-14-23)26(32)31(19-21-9-7-8-16-28-21)27-29-24-15-12-22(35-3)18-25(24)36-27/h7-16,18H,4-6,17,19H2,1-3H3. The summed E-state index contributed by atoms with van der Waals surface area (Å²) in [6, 6.07) is 17.2. The molecule has 10 heteroatoms. The smallest absolute Gasteiger partial charge is 0.260 e. The number of thiazole rings is 1. The molecule has 2 aromatic heterocycles. The number of amides is 1. The number of carbonyl (C=O) groups excluding carboxylic acids is 1. The van der Waals surface area contributed by atoms with E-state index < -0.39 is 10.0 Å². The van der Waals surface area contributed by atoms with Gasteiger partial charge in [0.1, 0.15) is 5.75 Å². The molecule has 2 heterocycles. The van der Waals surface area contributed by atoms with E-state index >= 15 is 0 Å². The van der Waals surface area contributed by atoms with Gasteiger partial charge in [-0.25, -0.2) is 13.4 Å². The second-order valence-electron chi connectivity index (χ2n) is 8.42. The van der Waals surface area contributed by atoms with E-state index in [1.165, 1.54) is 27.8 Å². The first-order chi connectivity index (χ1) is 17.9. The molecule has 0 atom stereocenters. The Kier molecular flexibility index (Phi) is 8.52. The number of sulfonamides is 1. The largest absolute Gasteiger partial charge is 0.497 e. The number of anilines is 1. The lowest BCUT2D eigenvalue weighted by molar-refractivity contribution is 0.0984. The molecular weight excluding hydrogens is 508 g/mol. The van der Waals surface area contributed by atoms with E-state index in [9.17, 15) is 13.2 Å². The molecular formula is C27H30N4O4S2. The van der Waals surface area contributed by atoms with Crippen molar-refractivity contribution in [3.05, 3.63) is 78.1 Å². The fraction of sp³-hybridized carbons (Fsp3) is 0.296. The molecule has 0 unspecified atom stereocenters. The van der Waals surface area contributed by atoms with Crippen LogP contribution in [0.3, 0.4) is 0 Å². The molecule has 0 N–H and O–H groups in total. The molecule has 1 amide bonds. The first-order valence-electron chi connectivity index (χ1n) is 12.1. The quantitative estimate of drug-likeness (QED) is 0.255. The maximum absolute atomic E-state index is 13.7. The Morgan fingerprint density at radius 2 is 1.84 bits per heavy atom. The van der Waals surface area contributed by atoms with Crippen molar-refractivity contribution < 1.29 is 17.9 Å². The molecule has 37 heavy (non-hydrogen) atoms. The lowest BCUT2D eigenvalue weighted by Crippen LogP contribution is -2.32. The van der Waals surface area contributed by atoms with E-state index in [0.29, 0.717) is 35.2 Å². The summed E-state index contributed by atoms with van der Waals surface area (Å²) in [5, 5.41) is 0.521. The van der Waals surface area contributed by atoms with Gasteiger partial charge in [0, 0.05) is 24.8 Å². The van der Waals surface area contributed by atoms with Crippen molar-refractivity contribution in [2.45, 2.75) is 38.1 Å². The van der Waals surface area contributed by atoms with Crippen LogP contribution in [0.25, 0.3) is 10.2 Å². The van der Waals surface area contributed by atoms with E-state index in [4.69, 9.17) is 4.74 Å². The van der Waals surface area contributed by atoms with Crippen molar-refractivity contribution in [3.8, 4) is 5.75 Å². The Morgan fingerprint density at radius 1 is 1.05 bits per heavy atom. The van der Waals surface area contributed by atoms with Crippen LogP contribution in [0.1, 0.15) is 42.7 Å². The van der Waals surface area contributed by atoms with Gasteiger partial charge in [-0.15, -0.1) is 0 Å². The summed E-state index contributed by atoms with van der Waals surface area (Å²) in [4.78, 5) is 24.5. The van der Waals surface area contributed by atoms with Crippen molar-refractivity contribution in [2.75, 3.05) is 25.1 Å². The van der Waals surface area contributed by atoms with Crippen LogP contribution in [0.15, 0.2) is 71.8 Å². The molecule has 0 aliphatic rings. The van der Waals surface area contributed by atoms with Crippen LogP contribution >= 0.6 is 11.3 Å². The van der Waals surface area contributed by atoms with Crippen LogP contribution in [-0.2, 0) is 16.6 Å². The highest BCUT2D eigenvalue weighted by Gasteiger charge is 2.25. The summed E-state index contributed by atoms with van der Waals surface area (Å²) in [7, 11) is -2.03. The highest BCUT2D eigenvalue weighted by molar-refractivity contribution is 7.89. The fourth-order valence-electron chi connectivity index (χ4n) is 3.87. The van der Waals surface area contributed by atoms with Crippen molar-refractivity contribution >= 4 is 42.6 Å². The number of aromatic nitrogens is 2. The predicted octanol–water partition coefficient (Wildman–Crippen LogP) is 5.36. The van der Waals surface area contributed by atoms with E-state index in [-0.39, 0.29) is 17.3 Å². The van der Waals surface area contributed by atoms with Gasteiger partial charge in [-0.3, -0.25) is 14.7 Å². The number of methoxy groups -OCH3 is 1. The Hall–Kier alpha value is -3.34. The second-order valence-corrected chi connectivity index (χ2v) is 11.4. The third kappa shape index (κ3) is 5.98. The number of ether oxygens (including phenoxy) is 1. The predicted molar refractivity (Wildman–Crippen MR) is 147 cm³/mol. The summed E-state index contributed by atoms with van der Waals surface area (Å²) in [6.45, 7) is 4.94. The Labute approximate surface area is 221 Å². The molecule has 0 radical (unpaired) electrons. The van der Waals surface area contributed by atoms with Crippen molar-refractivity contribution in [1.29, 1.82) is 0 Å². The van der Waals surface area contributed by atoms with Gasteiger partial charge >= 0.3 is 0 Å². The van der Waals surface area contributed by atoms with Crippen LogP contribution in [0.2, 0.25) is 0 Å². The van der Waals surface area contributed by atoms with Crippen molar-refractivity contribution in [1.82, 2.24) is 14.3 Å². The number of carbonyl (C=O) groups is 1. The van der Waals surface area contributed by atoms with Gasteiger partial charge in [-0.1, -0.05) is 37.7 Å². The summed E-state index contributed by atoms with van der Waals surface area (Å²) in [6.07, 6.45) is 3.38. The van der Waals surface area contributed by atoms with E-state index in [1.807, 2.05) is 50.2 Å². The van der Waals surface area contributed by atoms with Crippen LogP contribution in [-0.4, -0.2) is 48.8 Å². The van der Waals surface area contributed by atoms with Crippen LogP contribution in [0.5, 0.6) is 5.75 Å². The molecule has 0 saturated carbocycles. The number of nitrogens with zero attached hydrogens (tertiary/aromatic N) is 4. The zero-order valence-electron chi connectivity index (χ0n) is 21.1. The molecule has 194 valence electrons. The number of rotatable bonds is 11. The first-order valence-corrected chi connectivity index (χ1v) is 14.4. The van der Waals surface area contributed by atoms with E-state index in [0.717, 1.165) is 23.1 Å². The van der Waals surface area contributed by atoms with Gasteiger partial charge in [0.15, 0.2) is 5.13 Å². The van der Waals surface area contributed by atoms with Crippen LogP contribution in [0, 0.1) is 0 Å². The zero-order valence-corrected chi connectivity index (χ0v) is 22.8. The van der Waals surface area contributed by atoms with Gasteiger partial charge in [0.05, 0.1) is 34.5 Å². The average Bonchev–Trinajstić information content (AvgIpc) is 3.35. The minimum atomic E-state index is -3.63. The minimum absolute atomic E-state index is 0.172. The Balaban J connectivity index is 1.67. The normalized spacial score (nSPS) is 11.7. The highest BCUT2D eigenvalue weighted by atomic mass is 32.2. The highest BCUT2D eigenvalue weighted by Crippen LogP contribution is 2.33. The van der Waals surface area contributed by atoms with Gasteiger partial charge in [0.25, 0.3) is 5.91 Å². The second kappa shape index (κ2) is 11.8. The van der Waals surface area contributed by atoms with Crippen molar-refractivity contribution in [3.63, 3.8) is 0 Å².